The third kappa shape index (κ3) is 3.02. The summed E-state index contributed by atoms with van der Waals surface area (Å²) < 4.78 is 0. The molecule has 2 aliphatic rings. The van der Waals surface area contributed by atoms with Crippen molar-refractivity contribution in [2.75, 3.05) is 0 Å². The smallest absolute Gasteiger partial charge is 0.0215 e. The Hall–Kier alpha value is -4.16. The predicted octanol–water partition coefficient (Wildman–Crippen LogP) is 10.2. The van der Waals surface area contributed by atoms with Crippen LogP contribution in [0.25, 0.3) is 54.9 Å². The van der Waals surface area contributed by atoms with Gasteiger partial charge in [0.1, 0.15) is 0 Å². The number of benzene rings is 6. The molecule has 0 heteroatoms. The van der Waals surface area contributed by atoms with E-state index in [9.17, 15) is 0 Å². The zero-order valence-electron chi connectivity index (χ0n) is 20.9. The molecule has 0 heterocycles. The molecular weight excluding hydrogens is 444 g/mol. The summed E-state index contributed by atoms with van der Waals surface area (Å²) in [7, 11) is 0. The first-order valence-corrected chi connectivity index (χ1v) is 13.6. The molecule has 0 amide bonds. The van der Waals surface area contributed by atoms with Crippen LogP contribution in [-0.2, 0) is 5.41 Å². The number of rotatable bonds is 2. The fourth-order valence-electron chi connectivity index (χ4n) is 7.30. The van der Waals surface area contributed by atoms with Gasteiger partial charge in [0.15, 0.2) is 0 Å². The molecule has 0 radical (unpaired) electrons. The average molecular weight is 473 g/mol. The maximum atomic E-state index is 2.53. The summed E-state index contributed by atoms with van der Waals surface area (Å²) in [6, 6.07) is 45.5. The largest absolute Gasteiger partial charge is 0.0616 e. The van der Waals surface area contributed by atoms with Gasteiger partial charge in [0, 0.05) is 5.41 Å². The van der Waals surface area contributed by atoms with Gasteiger partial charge in [0.05, 0.1) is 0 Å². The van der Waals surface area contributed by atoms with Crippen molar-refractivity contribution in [1.29, 1.82) is 0 Å². The first-order chi connectivity index (χ1) is 18.3. The van der Waals surface area contributed by atoms with Crippen molar-refractivity contribution in [3.8, 4) is 33.4 Å². The molecule has 2 aliphatic carbocycles. The highest BCUT2D eigenvalue weighted by Gasteiger charge is 2.45. The van der Waals surface area contributed by atoms with E-state index in [2.05, 4.69) is 121 Å². The highest BCUT2D eigenvalue weighted by atomic mass is 14.5. The fraction of sp³-hybridized carbons (Fsp3) is 0.135. The van der Waals surface area contributed by atoms with E-state index in [4.69, 9.17) is 0 Å². The quantitative estimate of drug-likeness (QED) is 0.235. The molecule has 1 spiro atoms. The molecule has 0 unspecified atom stereocenters. The fourth-order valence-corrected chi connectivity index (χ4v) is 7.30. The molecule has 0 bridgehead atoms. The minimum absolute atomic E-state index is 0.131. The Morgan fingerprint density at radius 2 is 0.865 bits per heavy atom. The van der Waals surface area contributed by atoms with Crippen molar-refractivity contribution in [2.45, 2.75) is 31.1 Å². The van der Waals surface area contributed by atoms with E-state index in [0.29, 0.717) is 0 Å². The van der Waals surface area contributed by atoms with Gasteiger partial charge in [-0.15, -0.1) is 0 Å². The molecule has 37 heavy (non-hydrogen) atoms. The van der Waals surface area contributed by atoms with Crippen LogP contribution in [0, 0.1) is 0 Å². The Balaban J connectivity index is 1.32. The molecule has 8 rings (SSSR count). The van der Waals surface area contributed by atoms with Crippen molar-refractivity contribution in [2.24, 2.45) is 0 Å². The minimum Gasteiger partial charge on any atom is -0.0616 e. The molecule has 6 aromatic rings. The van der Waals surface area contributed by atoms with Crippen LogP contribution in [0.3, 0.4) is 0 Å². The monoisotopic (exact) mass is 472 g/mol. The molecule has 0 aromatic heterocycles. The first kappa shape index (κ1) is 21.0. The van der Waals surface area contributed by atoms with Gasteiger partial charge in [-0.1, -0.05) is 122 Å². The Morgan fingerprint density at radius 3 is 1.38 bits per heavy atom. The van der Waals surface area contributed by atoms with Crippen LogP contribution in [0.1, 0.15) is 36.8 Å². The number of hydrogen-bond acceptors (Lipinski definition) is 0. The minimum atomic E-state index is 0.131. The zero-order valence-corrected chi connectivity index (χ0v) is 20.9. The van der Waals surface area contributed by atoms with Gasteiger partial charge in [0.25, 0.3) is 0 Å². The third-order valence-electron chi connectivity index (χ3n) is 9.02. The first-order valence-electron chi connectivity index (χ1n) is 13.6. The molecule has 0 aliphatic heterocycles. The SMILES string of the molecule is c1ccc2c(-c3ccc4c(c3)C3(CCCC3)c3cc(-c5cccc6ccccc56)ccc3-4)cccc2c1. The topological polar surface area (TPSA) is 0 Å². The lowest BCUT2D eigenvalue weighted by molar-refractivity contribution is 0.550. The Labute approximate surface area is 218 Å². The van der Waals surface area contributed by atoms with Crippen LogP contribution >= 0.6 is 0 Å². The van der Waals surface area contributed by atoms with Crippen molar-refractivity contribution in [1.82, 2.24) is 0 Å². The van der Waals surface area contributed by atoms with Gasteiger partial charge in [0.2, 0.25) is 0 Å². The van der Waals surface area contributed by atoms with Gasteiger partial charge in [-0.3, -0.25) is 0 Å². The molecule has 6 aromatic carbocycles. The van der Waals surface area contributed by atoms with Gasteiger partial charge in [-0.05, 0) is 91.0 Å². The summed E-state index contributed by atoms with van der Waals surface area (Å²) in [4.78, 5) is 0. The van der Waals surface area contributed by atoms with Crippen LogP contribution in [0.2, 0.25) is 0 Å². The molecule has 1 saturated carbocycles. The zero-order chi connectivity index (χ0) is 24.4. The summed E-state index contributed by atoms with van der Waals surface area (Å²) in [5.74, 6) is 0. The predicted molar refractivity (Wildman–Crippen MR) is 157 cm³/mol. The number of hydrogen-bond donors (Lipinski definition) is 0. The average Bonchev–Trinajstić information content (AvgIpc) is 3.56. The summed E-state index contributed by atoms with van der Waals surface area (Å²) in [6.07, 6.45) is 5.09. The normalized spacial score (nSPS) is 15.4. The van der Waals surface area contributed by atoms with E-state index < -0.39 is 0 Å². The van der Waals surface area contributed by atoms with Gasteiger partial charge in [-0.25, -0.2) is 0 Å². The van der Waals surface area contributed by atoms with Crippen molar-refractivity contribution >= 4 is 21.5 Å². The standard InChI is InChI=1S/C37H28/c1-3-13-29-25(9-1)11-7-15-31(29)27-17-19-33-34-20-18-28(32-16-8-12-26-10-2-4-14-30(26)32)24-36(34)37(35(33)23-27)21-5-6-22-37/h1-4,7-20,23-24H,5-6,21-22H2. The van der Waals surface area contributed by atoms with Gasteiger partial charge < -0.3 is 0 Å². The summed E-state index contributed by atoms with van der Waals surface area (Å²) in [6.45, 7) is 0. The second-order valence-electron chi connectivity index (χ2n) is 10.9. The van der Waals surface area contributed by atoms with Gasteiger partial charge in [-0.2, -0.15) is 0 Å². The second-order valence-corrected chi connectivity index (χ2v) is 10.9. The van der Waals surface area contributed by atoms with Crippen LogP contribution in [-0.4, -0.2) is 0 Å². The van der Waals surface area contributed by atoms with Crippen LogP contribution in [0.4, 0.5) is 0 Å². The van der Waals surface area contributed by atoms with E-state index in [1.165, 1.54) is 80.6 Å². The molecule has 0 saturated heterocycles. The maximum absolute atomic E-state index is 2.53. The third-order valence-corrected chi connectivity index (χ3v) is 9.02. The molecule has 0 N–H and O–H groups in total. The van der Waals surface area contributed by atoms with Crippen molar-refractivity contribution in [3.63, 3.8) is 0 Å². The maximum Gasteiger partial charge on any atom is 0.0215 e. The molecule has 176 valence electrons. The van der Waals surface area contributed by atoms with Gasteiger partial charge >= 0.3 is 0 Å². The molecule has 0 nitrogen and oxygen atoms in total. The van der Waals surface area contributed by atoms with Crippen LogP contribution in [0.5, 0.6) is 0 Å². The Kier molecular flexibility index (Phi) is 4.49. The van der Waals surface area contributed by atoms with Crippen molar-refractivity contribution < 1.29 is 0 Å². The van der Waals surface area contributed by atoms with E-state index in [0.717, 1.165) is 0 Å². The Morgan fingerprint density at radius 1 is 0.405 bits per heavy atom. The van der Waals surface area contributed by atoms with Crippen molar-refractivity contribution in [3.05, 3.63) is 132 Å². The van der Waals surface area contributed by atoms with E-state index in [1.54, 1.807) is 11.1 Å². The summed E-state index contributed by atoms with van der Waals surface area (Å²) in [5.41, 5.74) is 11.4. The van der Waals surface area contributed by atoms with Crippen LogP contribution in [0.15, 0.2) is 121 Å². The lowest BCUT2D eigenvalue weighted by Gasteiger charge is -2.27. The molecule has 0 atom stereocenters. The summed E-state index contributed by atoms with van der Waals surface area (Å²) >= 11 is 0. The van der Waals surface area contributed by atoms with Crippen LogP contribution < -0.4 is 0 Å². The highest BCUT2D eigenvalue weighted by molar-refractivity contribution is 5.99. The lowest BCUT2D eigenvalue weighted by Crippen LogP contribution is -2.20. The highest BCUT2D eigenvalue weighted by Crippen LogP contribution is 2.58. The Bertz CT molecular complexity index is 1690. The van der Waals surface area contributed by atoms with E-state index in [-0.39, 0.29) is 5.41 Å². The lowest BCUT2D eigenvalue weighted by atomic mass is 9.75. The molecule has 1 fully saturated rings. The van der Waals surface area contributed by atoms with E-state index in [1.807, 2.05) is 0 Å². The number of fused-ring (bicyclic) bond motifs is 7. The summed E-state index contributed by atoms with van der Waals surface area (Å²) in [5, 5.41) is 5.27. The van der Waals surface area contributed by atoms with E-state index >= 15 is 0 Å². The molecular formula is C37H28. The second kappa shape index (κ2) is 7.92.